The maximum absolute atomic E-state index is 12.1. The van der Waals surface area contributed by atoms with Crippen LogP contribution >= 0.6 is 11.6 Å². The summed E-state index contributed by atoms with van der Waals surface area (Å²) in [4.78, 5) is 16.2. The molecule has 2 nitrogen and oxygen atoms in total. The highest BCUT2D eigenvalue weighted by Gasteiger charge is 2.14. The van der Waals surface area contributed by atoms with E-state index >= 15 is 0 Å². The summed E-state index contributed by atoms with van der Waals surface area (Å²) in [5.74, 6) is 0.00479. The third kappa shape index (κ3) is 3.67. The lowest BCUT2D eigenvalue weighted by Gasteiger charge is -2.19. The molecule has 2 aromatic rings. The second kappa shape index (κ2) is 5.76. The summed E-state index contributed by atoms with van der Waals surface area (Å²) in [6.45, 7) is 6.51. The van der Waals surface area contributed by atoms with Crippen LogP contribution in [0.1, 0.15) is 42.4 Å². The highest BCUT2D eigenvalue weighted by molar-refractivity contribution is 6.30. The van der Waals surface area contributed by atoms with Gasteiger partial charge < -0.3 is 0 Å². The Morgan fingerprint density at radius 1 is 1.10 bits per heavy atom. The molecule has 0 N–H and O–H groups in total. The smallest absolute Gasteiger partial charge is 0.185 e. The van der Waals surface area contributed by atoms with Crippen LogP contribution < -0.4 is 0 Å². The summed E-state index contributed by atoms with van der Waals surface area (Å²) >= 11 is 5.76. The van der Waals surface area contributed by atoms with Crippen LogP contribution in [0.5, 0.6) is 0 Å². The van der Waals surface area contributed by atoms with Crippen LogP contribution in [0, 0.1) is 0 Å². The Balaban J connectivity index is 2.10. The quantitative estimate of drug-likeness (QED) is 0.780. The molecule has 3 heteroatoms. The molecule has 1 heterocycles. The number of hydrogen-bond acceptors (Lipinski definition) is 2. The molecule has 2 rings (SSSR count). The molecule has 0 aliphatic heterocycles. The number of carbonyl (C=O) groups excluding carboxylic acids is 1. The van der Waals surface area contributed by atoms with Crippen molar-refractivity contribution in [1.29, 1.82) is 0 Å². The molecule has 104 valence electrons. The third-order valence-electron chi connectivity index (χ3n) is 3.20. The van der Waals surface area contributed by atoms with Crippen molar-refractivity contribution in [2.24, 2.45) is 0 Å². The molecule has 0 saturated heterocycles. The van der Waals surface area contributed by atoms with Crippen LogP contribution in [-0.2, 0) is 11.8 Å². The fraction of sp³-hybridized carbons (Fsp3) is 0.294. The van der Waals surface area contributed by atoms with Crippen LogP contribution in [-0.4, -0.2) is 10.8 Å². The molecule has 0 aliphatic rings. The van der Waals surface area contributed by atoms with E-state index in [-0.39, 0.29) is 11.2 Å². The van der Waals surface area contributed by atoms with Crippen molar-refractivity contribution in [3.8, 4) is 0 Å². The third-order valence-corrected chi connectivity index (χ3v) is 3.42. The van der Waals surface area contributed by atoms with Gasteiger partial charge in [0.05, 0.1) is 5.02 Å². The van der Waals surface area contributed by atoms with Gasteiger partial charge in [0, 0.05) is 12.6 Å². The van der Waals surface area contributed by atoms with Gasteiger partial charge in [0.2, 0.25) is 0 Å². The van der Waals surface area contributed by atoms with Crippen molar-refractivity contribution in [1.82, 2.24) is 4.98 Å². The Bertz CT molecular complexity index is 594. The van der Waals surface area contributed by atoms with E-state index in [1.165, 1.54) is 11.8 Å². The second-order valence-corrected chi connectivity index (χ2v) is 6.34. The second-order valence-electron chi connectivity index (χ2n) is 5.91. The van der Waals surface area contributed by atoms with E-state index in [2.05, 4.69) is 37.9 Å². The number of Topliss-reactive ketones (excluding diaryl/α,β-unsaturated/α-hetero) is 1. The normalized spacial score (nSPS) is 11.4. The summed E-state index contributed by atoms with van der Waals surface area (Å²) in [5.41, 5.74) is 2.84. The van der Waals surface area contributed by atoms with Gasteiger partial charge >= 0.3 is 0 Å². The Morgan fingerprint density at radius 2 is 1.75 bits per heavy atom. The minimum atomic E-state index is 0.00479. The first-order valence-corrected chi connectivity index (χ1v) is 6.98. The Morgan fingerprint density at radius 3 is 2.25 bits per heavy atom. The van der Waals surface area contributed by atoms with Crippen molar-refractivity contribution in [2.75, 3.05) is 0 Å². The largest absolute Gasteiger partial charge is 0.292 e. The molecular weight excluding hydrogens is 270 g/mol. The van der Waals surface area contributed by atoms with Gasteiger partial charge in [-0.2, -0.15) is 0 Å². The van der Waals surface area contributed by atoms with Crippen LogP contribution in [0.2, 0.25) is 5.02 Å². The number of nitrogens with zero attached hydrogens (tertiary/aromatic N) is 1. The van der Waals surface area contributed by atoms with Gasteiger partial charge in [-0.05, 0) is 28.7 Å². The number of carbonyl (C=O) groups is 1. The van der Waals surface area contributed by atoms with Crippen molar-refractivity contribution in [3.63, 3.8) is 0 Å². The molecule has 0 bridgehead atoms. The summed E-state index contributed by atoms with van der Waals surface area (Å²) in [5, 5.41) is 0.538. The summed E-state index contributed by atoms with van der Waals surface area (Å²) in [7, 11) is 0. The fourth-order valence-electron chi connectivity index (χ4n) is 1.94. The van der Waals surface area contributed by atoms with Gasteiger partial charge in [-0.3, -0.25) is 9.78 Å². The molecule has 1 aromatic heterocycles. The Kier molecular flexibility index (Phi) is 4.24. The summed E-state index contributed by atoms with van der Waals surface area (Å²) < 4.78 is 0. The number of rotatable bonds is 3. The first-order valence-electron chi connectivity index (χ1n) is 6.60. The van der Waals surface area contributed by atoms with Crippen molar-refractivity contribution in [3.05, 3.63) is 64.4 Å². The van der Waals surface area contributed by atoms with Gasteiger partial charge in [-0.15, -0.1) is 0 Å². The topological polar surface area (TPSA) is 30.0 Å². The van der Waals surface area contributed by atoms with Gasteiger partial charge in [0.15, 0.2) is 5.78 Å². The summed E-state index contributed by atoms with van der Waals surface area (Å²) in [6.07, 6.45) is 1.86. The number of halogens is 1. The van der Waals surface area contributed by atoms with Gasteiger partial charge in [0.1, 0.15) is 5.69 Å². The Labute approximate surface area is 124 Å². The molecule has 0 atom stereocenters. The van der Waals surface area contributed by atoms with E-state index in [0.29, 0.717) is 17.1 Å². The lowest BCUT2D eigenvalue weighted by atomic mass is 9.86. The highest BCUT2D eigenvalue weighted by atomic mass is 35.5. The summed E-state index contributed by atoms with van der Waals surface area (Å²) in [6, 6.07) is 11.5. The van der Waals surface area contributed by atoms with E-state index in [9.17, 15) is 4.79 Å². The first-order chi connectivity index (χ1) is 9.36. The monoisotopic (exact) mass is 287 g/mol. The molecule has 0 unspecified atom stereocenters. The molecule has 0 saturated carbocycles. The van der Waals surface area contributed by atoms with Crippen molar-refractivity contribution in [2.45, 2.75) is 32.6 Å². The standard InChI is InChI=1S/C17H18ClNO/c1-17(2,3)13-6-4-12(5-7-13)10-16(20)15-9-8-14(18)11-19-15/h4-9,11H,10H2,1-3H3. The zero-order valence-corrected chi connectivity index (χ0v) is 12.7. The van der Waals surface area contributed by atoms with Crippen LogP contribution in [0.4, 0.5) is 0 Å². The number of pyridine rings is 1. The van der Waals surface area contributed by atoms with E-state index in [0.717, 1.165) is 5.56 Å². The minimum Gasteiger partial charge on any atom is -0.292 e. The molecule has 0 aliphatic carbocycles. The average molecular weight is 288 g/mol. The lowest BCUT2D eigenvalue weighted by Crippen LogP contribution is -2.11. The van der Waals surface area contributed by atoms with Crippen molar-refractivity contribution >= 4 is 17.4 Å². The van der Waals surface area contributed by atoms with Crippen LogP contribution in [0.15, 0.2) is 42.6 Å². The molecule has 0 radical (unpaired) electrons. The molecule has 0 fully saturated rings. The molecule has 0 spiro atoms. The highest BCUT2D eigenvalue weighted by Crippen LogP contribution is 2.22. The Hall–Kier alpha value is -1.67. The average Bonchev–Trinajstić information content (AvgIpc) is 2.39. The van der Waals surface area contributed by atoms with E-state index in [1.54, 1.807) is 12.1 Å². The SMILES string of the molecule is CC(C)(C)c1ccc(CC(=O)c2ccc(Cl)cn2)cc1. The number of ketones is 1. The first kappa shape index (κ1) is 14.7. The van der Waals surface area contributed by atoms with Gasteiger partial charge in [-0.25, -0.2) is 0 Å². The van der Waals surface area contributed by atoms with E-state index in [4.69, 9.17) is 11.6 Å². The predicted molar refractivity (Wildman–Crippen MR) is 82.4 cm³/mol. The number of hydrogen-bond donors (Lipinski definition) is 0. The van der Waals surface area contributed by atoms with Crippen LogP contribution in [0.25, 0.3) is 0 Å². The van der Waals surface area contributed by atoms with Gasteiger partial charge in [-0.1, -0.05) is 56.6 Å². The zero-order valence-electron chi connectivity index (χ0n) is 12.0. The van der Waals surface area contributed by atoms with E-state index < -0.39 is 0 Å². The predicted octanol–water partition coefficient (Wildman–Crippen LogP) is 4.46. The molecule has 0 amide bonds. The maximum Gasteiger partial charge on any atom is 0.185 e. The maximum atomic E-state index is 12.1. The molecular formula is C17H18ClNO. The minimum absolute atomic E-state index is 0.00479. The zero-order chi connectivity index (χ0) is 14.8. The fourth-order valence-corrected chi connectivity index (χ4v) is 2.05. The lowest BCUT2D eigenvalue weighted by molar-refractivity contribution is 0.0988. The van der Waals surface area contributed by atoms with Crippen molar-refractivity contribution < 1.29 is 4.79 Å². The number of benzene rings is 1. The van der Waals surface area contributed by atoms with Crippen LogP contribution in [0.3, 0.4) is 0 Å². The number of aromatic nitrogens is 1. The van der Waals surface area contributed by atoms with Gasteiger partial charge in [0.25, 0.3) is 0 Å². The van der Waals surface area contributed by atoms with E-state index in [1.807, 2.05) is 12.1 Å². The molecule has 20 heavy (non-hydrogen) atoms. The molecule has 1 aromatic carbocycles.